The maximum atomic E-state index is 12.0. The molecular weight excluding hydrogens is 290 g/mol. The molecule has 2 heterocycles. The van der Waals surface area contributed by atoms with Gasteiger partial charge in [0.25, 0.3) is 10.0 Å². The Labute approximate surface area is 115 Å². The van der Waals surface area contributed by atoms with Gasteiger partial charge in [0.2, 0.25) is 0 Å². The molecule has 7 nitrogen and oxygen atoms in total. The summed E-state index contributed by atoms with van der Waals surface area (Å²) in [6.07, 6.45) is 0. The summed E-state index contributed by atoms with van der Waals surface area (Å²) >= 11 is 0.712. The van der Waals surface area contributed by atoms with Gasteiger partial charge < -0.3 is 9.72 Å². The summed E-state index contributed by atoms with van der Waals surface area (Å²) in [5.74, 6) is 0. The zero-order valence-electron chi connectivity index (χ0n) is 10.6. The summed E-state index contributed by atoms with van der Waals surface area (Å²) in [4.78, 5) is 15.4. The fourth-order valence-electron chi connectivity index (χ4n) is 1.88. The molecule has 1 aromatic rings. The number of aromatic nitrogens is 1. The van der Waals surface area contributed by atoms with Crippen LogP contribution in [0.5, 0.6) is 0 Å². The van der Waals surface area contributed by atoms with Gasteiger partial charge in [-0.3, -0.25) is 9.69 Å². The molecule has 1 saturated heterocycles. The van der Waals surface area contributed by atoms with Crippen molar-refractivity contribution < 1.29 is 13.2 Å². The number of rotatable bonds is 5. The van der Waals surface area contributed by atoms with Gasteiger partial charge in [-0.15, -0.1) is 0 Å². The molecule has 0 aliphatic carbocycles. The number of morpholine rings is 1. The standard InChI is InChI=1S/C10H17N3O4S2/c1-8-9(18-10(14)12-8)19(15,16)11-2-3-13-4-6-17-7-5-13/h11H,2-7H2,1H3,(H,12,14). The number of aryl methyl sites for hydroxylation is 1. The highest BCUT2D eigenvalue weighted by Gasteiger charge is 2.20. The first-order chi connectivity index (χ1) is 8.99. The number of hydrogen-bond donors (Lipinski definition) is 2. The molecule has 0 aromatic carbocycles. The topological polar surface area (TPSA) is 91.5 Å². The van der Waals surface area contributed by atoms with Crippen LogP contribution in [0.4, 0.5) is 0 Å². The summed E-state index contributed by atoms with van der Waals surface area (Å²) in [5, 5.41) is 0. The minimum Gasteiger partial charge on any atom is -0.379 e. The third kappa shape index (κ3) is 3.86. The molecule has 2 rings (SSSR count). The highest BCUT2D eigenvalue weighted by atomic mass is 32.2. The average molecular weight is 307 g/mol. The molecule has 0 saturated carbocycles. The second-order valence-electron chi connectivity index (χ2n) is 4.28. The van der Waals surface area contributed by atoms with Gasteiger partial charge in [-0.1, -0.05) is 11.3 Å². The Morgan fingerprint density at radius 3 is 2.68 bits per heavy atom. The van der Waals surface area contributed by atoms with E-state index < -0.39 is 10.0 Å². The molecule has 2 N–H and O–H groups in total. The third-order valence-corrected chi connectivity index (χ3v) is 5.91. The van der Waals surface area contributed by atoms with Crippen LogP contribution < -0.4 is 9.60 Å². The van der Waals surface area contributed by atoms with Gasteiger partial charge in [0.15, 0.2) is 4.21 Å². The van der Waals surface area contributed by atoms with Crippen LogP contribution >= 0.6 is 11.3 Å². The van der Waals surface area contributed by atoms with Crippen molar-refractivity contribution in [1.29, 1.82) is 0 Å². The van der Waals surface area contributed by atoms with Crippen molar-refractivity contribution in [2.24, 2.45) is 0 Å². The van der Waals surface area contributed by atoms with Crippen LogP contribution in [0.1, 0.15) is 5.69 Å². The normalized spacial score (nSPS) is 17.7. The van der Waals surface area contributed by atoms with Crippen molar-refractivity contribution in [3.05, 3.63) is 15.4 Å². The second kappa shape index (κ2) is 6.14. The smallest absolute Gasteiger partial charge is 0.305 e. The molecule has 1 fully saturated rings. The van der Waals surface area contributed by atoms with E-state index in [4.69, 9.17) is 4.74 Å². The zero-order chi connectivity index (χ0) is 13.9. The number of nitrogens with one attached hydrogen (secondary N) is 2. The lowest BCUT2D eigenvalue weighted by atomic mass is 10.4. The fourth-order valence-corrected chi connectivity index (χ4v) is 4.24. The van der Waals surface area contributed by atoms with Crippen molar-refractivity contribution in [2.45, 2.75) is 11.1 Å². The number of hydrogen-bond acceptors (Lipinski definition) is 6. The summed E-state index contributed by atoms with van der Waals surface area (Å²) in [6, 6.07) is 0. The van der Waals surface area contributed by atoms with Gasteiger partial charge in [0.05, 0.1) is 13.2 Å². The lowest BCUT2D eigenvalue weighted by Gasteiger charge is -2.26. The Morgan fingerprint density at radius 2 is 2.11 bits per heavy atom. The van der Waals surface area contributed by atoms with E-state index in [0.717, 1.165) is 13.1 Å². The van der Waals surface area contributed by atoms with E-state index >= 15 is 0 Å². The molecule has 1 aromatic heterocycles. The summed E-state index contributed by atoms with van der Waals surface area (Å²) in [5.41, 5.74) is 0.383. The van der Waals surface area contributed by atoms with Crippen LogP contribution in [-0.2, 0) is 14.8 Å². The van der Waals surface area contributed by atoms with Gasteiger partial charge in [-0.25, -0.2) is 13.1 Å². The van der Waals surface area contributed by atoms with Crippen molar-refractivity contribution >= 4 is 21.4 Å². The van der Waals surface area contributed by atoms with Crippen molar-refractivity contribution in [3.8, 4) is 0 Å². The number of ether oxygens (including phenoxy) is 1. The van der Waals surface area contributed by atoms with Gasteiger partial charge >= 0.3 is 4.87 Å². The van der Waals surface area contributed by atoms with Crippen LogP contribution in [0.15, 0.2) is 9.00 Å². The second-order valence-corrected chi connectivity index (χ2v) is 7.22. The van der Waals surface area contributed by atoms with Gasteiger partial charge in [-0.05, 0) is 6.92 Å². The molecule has 0 unspecified atom stereocenters. The predicted octanol–water partition coefficient (Wildman–Crippen LogP) is -0.645. The Bertz CT molecular complexity index is 572. The summed E-state index contributed by atoms with van der Waals surface area (Å²) in [6.45, 7) is 5.55. The van der Waals surface area contributed by atoms with Gasteiger partial charge in [0, 0.05) is 31.9 Å². The number of thiazole rings is 1. The molecule has 19 heavy (non-hydrogen) atoms. The lowest BCUT2D eigenvalue weighted by molar-refractivity contribution is 0.0390. The predicted molar refractivity (Wildman–Crippen MR) is 72.1 cm³/mol. The van der Waals surface area contributed by atoms with E-state index in [0.29, 0.717) is 43.3 Å². The maximum absolute atomic E-state index is 12.0. The number of nitrogens with zero attached hydrogens (tertiary/aromatic N) is 1. The van der Waals surface area contributed by atoms with E-state index in [2.05, 4.69) is 14.6 Å². The minimum absolute atomic E-state index is 0.0690. The summed E-state index contributed by atoms with van der Waals surface area (Å²) < 4.78 is 31.8. The first-order valence-electron chi connectivity index (χ1n) is 5.98. The monoisotopic (exact) mass is 307 g/mol. The third-order valence-electron chi connectivity index (χ3n) is 2.85. The molecule has 0 atom stereocenters. The van der Waals surface area contributed by atoms with E-state index in [9.17, 15) is 13.2 Å². The molecule has 1 aliphatic heterocycles. The van der Waals surface area contributed by atoms with E-state index in [1.807, 2.05) is 0 Å². The maximum Gasteiger partial charge on any atom is 0.305 e. The van der Waals surface area contributed by atoms with Crippen molar-refractivity contribution in [1.82, 2.24) is 14.6 Å². The van der Waals surface area contributed by atoms with E-state index in [-0.39, 0.29) is 9.08 Å². The molecule has 0 spiro atoms. The largest absolute Gasteiger partial charge is 0.379 e. The number of sulfonamides is 1. The van der Waals surface area contributed by atoms with Crippen LogP contribution in [0.25, 0.3) is 0 Å². The van der Waals surface area contributed by atoms with Gasteiger partial charge in [-0.2, -0.15) is 0 Å². The Hall–Kier alpha value is -0.740. The first-order valence-corrected chi connectivity index (χ1v) is 8.28. The highest BCUT2D eigenvalue weighted by Crippen LogP contribution is 2.14. The molecule has 108 valence electrons. The molecule has 0 amide bonds. The number of H-pyrrole nitrogens is 1. The van der Waals surface area contributed by atoms with Crippen LogP contribution in [0.3, 0.4) is 0 Å². The summed E-state index contributed by atoms with van der Waals surface area (Å²) in [7, 11) is -3.59. The fraction of sp³-hybridized carbons (Fsp3) is 0.700. The molecular formula is C10H17N3O4S2. The molecule has 0 bridgehead atoms. The lowest BCUT2D eigenvalue weighted by Crippen LogP contribution is -2.41. The Balaban J connectivity index is 1.91. The van der Waals surface area contributed by atoms with Gasteiger partial charge in [0.1, 0.15) is 0 Å². The van der Waals surface area contributed by atoms with Crippen LogP contribution in [0, 0.1) is 6.92 Å². The van der Waals surface area contributed by atoms with E-state index in [1.54, 1.807) is 6.92 Å². The Morgan fingerprint density at radius 1 is 1.42 bits per heavy atom. The van der Waals surface area contributed by atoms with Crippen LogP contribution in [0.2, 0.25) is 0 Å². The average Bonchev–Trinajstić information content (AvgIpc) is 2.70. The van der Waals surface area contributed by atoms with Crippen molar-refractivity contribution in [3.63, 3.8) is 0 Å². The quantitative estimate of drug-likeness (QED) is 0.755. The first kappa shape index (κ1) is 14.7. The zero-order valence-corrected chi connectivity index (χ0v) is 12.3. The highest BCUT2D eigenvalue weighted by molar-refractivity contribution is 7.91. The van der Waals surface area contributed by atoms with Crippen molar-refractivity contribution in [2.75, 3.05) is 39.4 Å². The molecule has 1 aliphatic rings. The Kier molecular flexibility index (Phi) is 4.74. The van der Waals surface area contributed by atoms with E-state index in [1.165, 1.54) is 0 Å². The SMILES string of the molecule is Cc1[nH]c(=O)sc1S(=O)(=O)NCCN1CCOCC1. The van der Waals surface area contributed by atoms with Crippen LogP contribution in [-0.4, -0.2) is 57.7 Å². The minimum atomic E-state index is -3.59. The molecule has 0 radical (unpaired) electrons. The molecule has 9 heteroatoms. The number of aromatic amines is 1.